The lowest BCUT2D eigenvalue weighted by Gasteiger charge is -2.21. The van der Waals surface area contributed by atoms with Gasteiger partial charge in [-0.05, 0) is 66.3 Å². The average Bonchev–Trinajstić information content (AvgIpc) is 3.26. The summed E-state index contributed by atoms with van der Waals surface area (Å²) in [4.78, 5) is 17.2. The van der Waals surface area contributed by atoms with Gasteiger partial charge < -0.3 is 10.1 Å². The molecule has 0 spiro atoms. The summed E-state index contributed by atoms with van der Waals surface area (Å²) >= 11 is 6.63. The Hall–Kier alpha value is -2.85. The molecule has 3 aliphatic rings. The van der Waals surface area contributed by atoms with E-state index in [0.29, 0.717) is 23.9 Å². The molecule has 2 aromatic rings. The maximum absolute atomic E-state index is 12.7. The van der Waals surface area contributed by atoms with E-state index in [4.69, 9.17) is 16.3 Å². The van der Waals surface area contributed by atoms with Crippen LogP contribution in [-0.2, 0) is 11.2 Å². The van der Waals surface area contributed by atoms with Crippen molar-refractivity contribution < 1.29 is 9.53 Å². The predicted molar refractivity (Wildman–Crippen MR) is 117 cm³/mol. The molecule has 0 fully saturated rings. The van der Waals surface area contributed by atoms with Gasteiger partial charge in [-0.1, -0.05) is 29.3 Å². The molecule has 0 atom stereocenters. The van der Waals surface area contributed by atoms with Crippen LogP contribution in [-0.4, -0.2) is 23.9 Å². The summed E-state index contributed by atoms with van der Waals surface area (Å²) in [6.45, 7) is 5.50. The Morgan fingerprint density at radius 3 is 2.90 bits per heavy atom. The van der Waals surface area contributed by atoms with Gasteiger partial charge in [-0.25, -0.2) is 4.98 Å². The molecule has 2 heterocycles. The molecule has 2 aliphatic carbocycles. The number of nitrogens with zero attached hydrogens (tertiary/aromatic N) is 1. The minimum Gasteiger partial charge on any atom is -0.474 e. The monoisotopic (exact) mass is 404 g/mol. The van der Waals surface area contributed by atoms with E-state index in [1.54, 1.807) is 0 Å². The number of halogens is 1. The van der Waals surface area contributed by atoms with Crippen molar-refractivity contribution >= 4 is 28.6 Å². The number of carbonyl (C=O) groups excluding carboxylic acids is 1. The molecule has 1 aromatic heterocycles. The molecule has 5 rings (SSSR count). The van der Waals surface area contributed by atoms with Crippen LogP contribution in [0.5, 0.6) is 5.88 Å². The van der Waals surface area contributed by atoms with E-state index < -0.39 is 0 Å². The zero-order valence-electron chi connectivity index (χ0n) is 16.4. The molecular formula is C24H21ClN2O2. The first kappa shape index (κ1) is 18.2. The van der Waals surface area contributed by atoms with Crippen molar-refractivity contribution in [2.24, 2.45) is 0 Å². The third-order valence-electron chi connectivity index (χ3n) is 5.78. The first-order valence-electron chi connectivity index (χ1n) is 9.83. The summed E-state index contributed by atoms with van der Waals surface area (Å²) in [6.07, 6.45) is 9.38. The van der Waals surface area contributed by atoms with Crippen LogP contribution in [0.3, 0.4) is 0 Å². The van der Waals surface area contributed by atoms with E-state index in [-0.39, 0.29) is 5.78 Å². The summed E-state index contributed by atoms with van der Waals surface area (Å²) in [5.41, 5.74) is 8.95. The Bertz CT molecular complexity index is 1160. The van der Waals surface area contributed by atoms with E-state index in [0.717, 1.165) is 57.6 Å². The van der Waals surface area contributed by atoms with Gasteiger partial charge in [0.05, 0.1) is 0 Å². The summed E-state index contributed by atoms with van der Waals surface area (Å²) in [6, 6.07) is 4.02. The number of anilines is 1. The first-order valence-corrected chi connectivity index (χ1v) is 10.2. The molecule has 0 amide bonds. The first-order chi connectivity index (χ1) is 14.0. The van der Waals surface area contributed by atoms with Crippen LogP contribution in [0.1, 0.15) is 30.0 Å². The van der Waals surface area contributed by atoms with Crippen molar-refractivity contribution in [3.05, 3.63) is 69.4 Å². The Morgan fingerprint density at radius 1 is 1.24 bits per heavy atom. The summed E-state index contributed by atoms with van der Waals surface area (Å²) in [5, 5.41) is 4.01. The Kier molecular flexibility index (Phi) is 4.32. The molecule has 1 N–H and O–H groups in total. The highest BCUT2D eigenvalue weighted by Gasteiger charge is 2.28. The number of fused-ring (bicyclic) bond motifs is 2. The second-order valence-corrected chi connectivity index (χ2v) is 8.17. The molecular weight excluding hydrogens is 384 g/mol. The normalized spacial score (nSPS) is 18.7. The number of benzene rings is 1. The van der Waals surface area contributed by atoms with Crippen molar-refractivity contribution in [1.82, 2.24) is 4.98 Å². The van der Waals surface area contributed by atoms with Crippen LogP contribution in [0.15, 0.2) is 47.7 Å². The van der Waals surface area contributed by atoms with Crippen molar-refractivity contribution in [3.8, 4) is 17.0 Å². The highest BCUT2D eigenvalue weighted by Crippen LogP contribution is 2.41. The fourth-order valence-corrected chi connectivity index (χ4v) is 4.55. The zero-order chi connectivity index (χ0) is 20.1. The number of pyridine rings is 1. The van der Waals surface area contributed by atoms with Crippen molar-refractivity contribution in [1.29, 1.82) is 0 Å². The van der Waals surface area contributed by atoms with Crippen LogP contribution in [0.25, 0.3) is 16.7 Å². The second kappa shape index (κ2) is 6.89. The standard InChI is InChI=1S/C24H21ClN2O2/c1-13-3-4-15(7-13)8-19-17-9-16(10-21(25)18(17)11-22(19)28)20-12-27-24-23(14(20)2)26-5-6-29-24/h3,7-10,12,26H,4-6,11H2,1-2H3/b19-8-. The number of allylic oxidation sites excluding steroid dienone is 6. The Labute approximate surface area is 174 Å². The lowest BCUT2D eigenvalue weighted by atomic mass is 9.95. The zero-order valence-corrected chi connectivity index (χ0v) is 17.2. The van der Waals surface area contributed by atoms with Crippen LogP contribution in [0, 0.1) is 6.92 Å². The predicted octanol–water partition coefficient (Wildman–Crippen LogP) is 5.30. The molecule has 0 bridgehead atoms. The smallest absolute Gasteiger partial charge is 0.237 e. The minimum absolute atomic E-state index is 0.125. The van der Waals surface area contributed by atoms with Crippen LogP contribution < -0.4 is 10.1 Å². The number of carbonyl (C=O) groups is 1. The molecule has 146 valence electrons. The van der Waals surface area contributed by atoms with Gasteiger partial charge in [-0.2, -0.15) is 0 Å². The van der Waals surface area contributed by atoms with Crippen molar-refractivity contribution in [2.45, 2.75) is 26.7 Å². The number of nitrogens with one attached hydrogen (secondary N) is 1. The average molecular weight is 405 g/mol. The van der Waals surface area contributed by atoms with Crippen molar-refractivity contribution in [3.63, 3.8) is 0 Å². The fraction of sp³-hybridized carbons (Fsp3) is 0.250. The number of Topliss-reactive ketones (excluding diaryl/α,β-unsaturated/α-hetero) is 1. The van der Waals surface area contributed by atoms with Gasteiger partial charge in [0.1, 0.15) is 12.3 Å². The van der Waals surface area contributed by atoms with E-state index in [9.17, 15) is 4.79 Å². The van der Waals surface area contributed by atoms with Gasteiger partial charge in [0.15, 0.2) is 5.78 Å². The van der Waals surface area contributed by atoms with Gasteiger partial charge >= 0.3 is 0 Å². The van der Waals surface area contributed by atoms with Gasteiger partial charge in [0.2, 0.25) is 5.88 Å². The number of hydrogen-bond acceptors (Lipinski definition) is 4. The third-order valence-corrected chi connectivity index (χ3v) is 6.12. The molecule has 0 saturated carbocycles. The van der Waals surface area contributed by atoms with Gasteiger partial charge in [0.25, 0.3) is 0 Å². The molecule has 29 heavy (non-hydrogen) atoms. The molecule has 0 saturated heterocycles. The summed E-state index contributed by atoms with van der Waals surface area (Å²) in [7, 11) is 0. The van der Waals surface area contributed by atoms with Gasteiger partial charge in [0, 0.05) is 35.3 Å². The van der Waals surface area contributed by atoms with E-state index >= 15 is 0 Å². The maximum atomic E-state index is 12.7. The number of ether oxygens (including phenoxy) is 1. The topological polar surface area (TPSA) is 51.2 Å². The molecule has 4 nitrogen and oxygen atoms in total. The number of ketones is 1. The lowest BCUT2D eigenvalue weighted by Crippen LogP contribution is -2.20. The highest BCUT2D eigenvalue weighted by atomic mass is 35.5. The van der Waals surface area contributed by atoms with E-state index in [1.807, 2.05) is 18.3 Å². The van der Waals surface area contributed by atoms with Crippen LogP contribution >= 0.6 is 11.6 Å². The largest absolute Gasteiger partial charge is 0.474 e. The highest BCUT2D eigenvalue weighted by molar-refractivity contribution is 6.35. The molecule has 5 heteroatoms. The molecule has 1 aliphatic heterocycles. The summed E-state index contributed by atoms with van der Waals surface area (Å²) < 4.78 is 5.64. The minimum atomic E-state index is 0.125. The quantitative estimate of drug-likeness (QED) is 0.690. The molecule has 0 radical (unpaired) electrons. The van der Waals surface area contributed by atoms with Crippen LogP contribution in [0.4, 0.5) is 5.69 Å². The third kappa shape index (κ3) is 3.08. The number of rotatable bonds is 2. The molecule has 0 unspecified atom stereocenters. The van der Waals surface area contributed by atoms with Gasteiger partial charge in [-0.3, -0.25) is 4.79 Å². The Morgan fingerprint density at radius 2 is 2.10 bits per heavy atom. The van der Waals surface area contributed by atoms with E-state index in [2.05, 4.69) is 42.4 Å². The lowest BCUT2D eigenvalue weighted by molar-refractivity contribution is -0.112. The SMILES string of the molecule is CC1=CCC(/C=C2\C(=O)Cc3c(Cl)cc(-c4cnc5c(c4C)NCCO5)cc32)=C1. The molecule has 1 aromatic carbocycles. The summed E-state index contributed by atoms with van der Waals surface area (Å²) in [5.74, 6) is 0.761. The number of hydrogen-bond donors (Lipinski definition) is 1. The van der Waals surface area contributed by atoms with Gasteiger partial charge in [-0.15, -0.1) is 0 Å². The number of aromatic nitrogens is 1. The maximum Gasteiger partial charge on any atom is 0.237 e. The second-order valence-electron chi connectivity index (χ2n) is 7.77. The fourth-order valence-electron chi connectivity index (χ4n) is 4.26. The van der Waals surface area contributed by atoms with E-state index in [1.165, 1.54) is 5.57 Å². The van der Waals surface area contributed by atoms with Crippen molar-refractivity contribution in [2.75, 3.05) is 18.5 Å². The Balaban J connectivity index is 1.62. The van der Waals surface area contributed by atoms with Crippen LogP contribution in [0.2, 0.25) is 5.02 Å².